The lowest BCUT2D eigenvalue weighted by molar-refractivity contribution is 0.0660. The molecule has 1 aromatic carbocycles. The van der Waals surface area contributed by atoms with E-state index in [9.17, 15) is 13.2 Å². The van der Waals surface area contributed by atoms with Gasteiger partial charge in [-0.25, -0.2) is 17.9 Å². The van der Waals surface area contributed by atoms with Crippen molar-refractivity contribution < 1.29 is 13.2 Å². The number of benzene rings is 1. The number of piperidine rings is 1. The maximum atomic E-state index is 13.1. The van der Waals surface area contributed by atoms with Crippen LogP contribution in [0.3, 0.4) is 0 Å². The molecule has 2 aliphatic rings. The Kier molecular flexibility index (Phi) is 4.25. The van der Waals surface area contributed by atoms with Crippen LogP contribution in [0.2, 0.25) is 0 Å². The summed E-state index contributed by atoms with van der Waals surface area (Å²) in [5, 5.41) is 7.48. The number of carbonyl (C=O) groups excluding carboxylic acids is 1. The number of hydrogen-bond acceptors (Lipinski definition) is 6. The molecule has 2 N–H and O–H groups in total. The van der Waals surface area contributed by atoms with Gasteiger partial charge < -0.3 is 10.2 Å². The number of rotatable bonds is 2. The molecule has 0 aliphatic carbocycles. The number of carbonyl (C=O) groups is 1. The van der Waals surface area contributed by atoms with Gasteiger partial charge in [-0.15, -0.1) is 0 Å². The van der Waals surface area contributed by atoms with Crippen LogP contribution < -0.4 is 10.0 Å². The third kappa shape index (κ3) is 3.14. The van der Waals surface area contributed by atoms with Crippen molar-refractivity contribution in [1.29, 1.82) is 0 Å². The van der Waals surface area contributed by atoms with E-state index in [0.29, 0.717) is 30.0 Å². The number of aromatic nitrogens is 3. The molecule has 10 heteroatoms. The molecule has 2 aliphatic heterocycles. The zero-order chi connectivity index (χ0) is 20.0. The van der Waals surface area contributed by atoms with Gasteiger partial charge in [0.2, 0.25) is 10.0 Å². The fourth-order valence-corrected chi connectivity index (χ4v) is 5.46. The van der Waals surface area contributed by atoms with Crippen molar-refractivity contribution in [3.05, 3.63) is 54.5 Å². The first-order valence-corrected chi connectivity index (χ1v) is 11.0. The van der Waals surface area contributed by atoms with Gasteiger partial charge in [0.05, 0.1) is 18.1 Å². The number of sulfonamides is 1. The number of nitrogens with one attached hydrogen (secondary N) is 2. The average Bonchev–Trinajstić information content (AvgIpc) is 3.17. The van der Waals surface area contributed by atoms with Crippen molar-refractivity contribution in [3.8, 4) is 0 Å². The fourth-order valence-electron chi connectivity index (χ4n) is 4.08. The minimum Gasteiger partial charge on any atom is -0.368 e. The number of likely N-dealkylation sites (tertiary alicyclic amines) is 1. The van der Waals surface area contributed by atoms with E-state index in [1.54, 1.807) is 52.1 Å². The van der Waals surface area contributed by atoms with Crippen LogP contribution in [0, 0.1) is 5.92 Å². The number of amides is 1. The summed E-state index contributed by atoms with van der Waals surface area (Å²) < 4.78 is 29.6. The Labute approximate surface area is 167 Å². The molecule has 150 valence electrons. The van der Waals surface area contributed by atoms with Gasteiger partial charge in [0.15, 0.2) is 5.65 Å². The van der Waals surface area contributed by atoms with E-state index in [4.69, 9.17) is 0 Å². The monoisotopic (exact) mass is 412 g/mol. The van der Waals surface area contributed by atoms with Crippen LogP contribution in [0.5, 0.6) is 0 Å². The lowest BCUT2D eigenvalue weighted by Crippen LogP contribution is -2.54. The SMILES string of the molecule is O=C(c1cnn2cccnc12)N1CCC[C@@H]([C@@H]2Nc3ccccc3S(=O)(=O)N2)C1. The number of para-hydroxylation sites is 1. The molecule has 0 bridgehead atoms. The molecular weight excluding hydrogens is 392 g/mol. The number of fused-ring (bicyclic) bond motifs is 2. The van der Waals surface area contributed by atoms with E-state index >= 15 is 0 Å². The highest BCUT2D eigenvalue weighted by Crippen LogP contribution is 2.30. The fraction of sp³-hybridized carbons (Fsp3) is 0.316. The third-order valence-corrected chi connectivity index (χ3v) is 7.00. The summed E-state index contributed by atoms with van der Waals surface area (Å²) in [5.41, 5.74) is 1.56. The van der Waals surface area contributed by atoms with Crippen molar-refractivity contribution >= 4 is 27.3 Å². The Morgan fingerprint density at radius 2 is 2.07 bits per heavy atom. The second-order valence-corrected chi connectivity index (χ2v) is 9.02. The van der Waals surface area contributed by atoms with E-state index in [0.717, 1.165) is 12.8 Å². The molecular formula is C19H20N6O3S. The normalized spacial score (nSPS) is 23.4. The molecule has 29 heavy (non-hydrogen) atoms. The highest BCUT2D eigenvalue weighted by Gasteiger charge is 2.37. The second kappa shape index (κ2) is 6.82. The summed E-state index contributed by atoms with van der Waals surface area (Å²) in [6.45, 7) is 1.07. The molecule has 1 amide bonds. The van der Waals surface area contributed by atoms with Crippen LogP contribution in [-0.4, -0.2) is 53.1 Å². The quantitative estimate of drug-likeness (QED) is 0.657. The molecule has 1 saturated heterocycles. The highest BCUT2D eigenvalue weighted by atomic mass is 32.2. The number of anilines is 1. The van der Waals surface area contributed by atoms with Gasteiger partial charge in [-0.2, -0.15) is 9.82 Å². The Hall–Kier alpha value is -2.98. The maximum Gasteiger partial charge on any atom is 0.259 e. The van der Waals surface area contributed by atoms with Crippen LogP contribution in [0.4, 0.5) is 5.69 Å². The highest BCUT2D eigenvalue weighted by molar-refractivity contribution is 7.89. The summed E-state index contributed by atoms with van der Waals surface area (Å²) in [4.78, 5) is 19.4. The van der Waals surface area contributed by atoms with E-state index in [1.165, 1.54) is 6.20 Å². The molecule has 0 radical (unpaired) electrons. The molecule has 2 aromatic heterocycles. The van der Waals surface area contributed by atoms with Crippen molar-refractivity contribution in [2.24, 2.45) is 5.92 Å². The van der Waals surface area contributed by atoms with Crippen molar-refractivity contribution in [1.82, 2.24) is 24.2 Å². The van der Waals surface area contributed by atoms with E-state index in [1.807, 2.05) is 0 Å². The van der Waals surface area contributed by atoms with Gasteiger partial charge in [0.25, 0.3) is 5.91 Å². The lowest BCUT2D eigenvalue weighted by atomic mass is 9.94. The molecule has 3 aromatic rings. The Bertz CT molecular complexity index is 1190. The summed E-state index contributed by atoms with van der Waals surface area (Å²) >= 11 is 0. The molecule has 9 nitrogen and oxygen atoms in total. The van der Waals surface area contributed by atoms with Gasteiger partial charge in [0.1, 0.15) is 10.5 Å². The number of nitrogens with zero attached hydrogens (tertiary/aromatic N) is 4. The van der Waals surface area contributed by atoms with Gasteiger partial charge in [-0.05, 0) is 31.0 Å². The van der Waals surface area contributed by atoms with Crippen molar-refractivity contribution in [2.45, 2.75) is 23.9 Å². The average molecular weight is 412 g/mol. The first-order valence-electron chi connectivity index (χ1n) is 9.48. The Morgan fingerprint density at radius 1 is 1.21 bits per heavy atom. The van der Waals surface area contributed by atoms with Crippen molar-refractivity contribution in [2.75, 3.05) is 18.4 Å². The van der Waals surface area contributed by atoms with Crippen molar-refractivity contribution in [3.63, 3.8) is 0 Å². The molecule has 4 heterocycles. The maximum absolute atomic E-state index is 13.1. The minimum atomic E-state index is -3.59. The topological polar surface area (TPSA) is 109 Å². The zero-order valence-electron chi connectivity index (χ0n) is 15.5. The van der Waals surface area contributed by atoms with E-state index in [-0.39, 0.29) is 16.7 Å². The Balaban J connectivity index is 1.38. The van der Waals surface area contributed by atoms with Crippen LogP contribution >= 0.6 is 0 Å². The lowest BCUT2D eigenvalue weighted by Gasteiger charge is -2.39. The molecule has 2 atom stereocenters. The summed E-state index contributed by atoms with van der Waals surface area (Å²) in [6, 6.07) is 8.60. The van der Waals surface area contributed by atoms with Crippen LogP contribution in [-0.2, 0) is 10.0 Å². The first kappa shape index (κ1) is 18.1. The molecule has 5 rings (SSSR count). The predicted octanol–water partition coefficient (Wildman–Crippen LogP) is 1.31. The van der Waals surface area contributed by atoms with E-state index in [2.05, 4.69) is 20.1 Å². The second-order valence-electron chi connectivity index (χ2n) is 7.34. The minimum absolute atomic E-state index is 0.0503. The Morgan fingerprint density at radius 3 is 2.97 bits per heavy atom. The van der Waals surface area contributed by atoms with Gasteiger partial charge in [0, 0.05) is 31.4 Å². The first-order chi connectivity index (χ1) is 14.0. The van der Waals surface area contributed by atoms with Gasteiger partial charge in [-0.3, -0.25) is 4.79 Å². The summed E-state index contributed by atoms with van der Waals surface area (Å²) in [7, 11) is -3.59. The summed E-state index contributed by atoms with van der Waals surface area (Å²) in [6.07, 6.45) is 6.06. The molecule has 0 spiro atoms. The zero-order valence-corrected chi connectivity index (χ0v) is 16.3. The number of hydrogen-bond donors (Lipinski definition) is 2. The summed E-state index contributed by atoms with van der Waals surface area (Å²) in [5.74, 6) is -0.187. The molecule has 0 unspecified atom stereocenters. The van der Waals surface area contributed by atoms with Crippen LogP contribution in [0.25, 0.3) is 5.65 Å². The van der Waals surface area contributed by atoms with Gasteiger partial charge in [-0.1, -0.05) is 12.1 Å². The van der Waals surface area contributed by atoms with Crippen LogP contribution in [0.1, 0.15) is 23.2 Å². The van der Waals surface area contributed by atoms with E-state index < -0.39 is 16.2 Å². The predicted molar refractivity (Wildman–Crippen MR) is 106 cm³/mol. The smallest absolute Gasteiger partial charge is 0.259 e. The third-order valence-electron chi connectivity index (χ3n) is 5.50. The van der Waals surface area contributed by atoms with Gasteiger partial charge >= 0.3 is 0 Å². The van der Waals surface area contributed by atoms with Crippen LogP contribution in [0.15, 0.2) is 53.8 Å². The standard InChI is InChI=1S/C19H20N6O3S/c26-19(14-11-21-25-10-4-8-20-18(14)25)24-9-3-5-13(12-24)17-22-15-6-1-2-7-16(15)29(27,28)23-17/h1-2,4,6-8,10-11,13,17,22-23H,3,5,9,12H2/t13-,17-/m1/s1. The molecule has 1 fully saturated rings. The molecule has 0 saturated carbocycles. The largest absolute Gasteiger partial charge is 0.368 e.